The predicted octanol–water partition coefficient (Wildman–Crippen LogP) is 2.34. The lowest BCUT2D eigenvalue weighted by Gasteiger charge is -2.38. The highest BCUT2D eigenvalue weighted by Gasteiger charge is 2.32. The maximum Gasteiger partial charge on any atom is 0.237 e. The van der Waals surface area contributed by atoms with Crippen molar-refractivity contribution in [2.75, 3.05) is 6.54 Å². The molecule has 0 aliphatic heterocycles. The van der Waals surface area contributed by atoms with Gasteiger partial charge in [-0.3, -0.25) is 4.79 Å². The maximum absolute atomic E-state index is 12.1. The van der Waals surface area contributed by atoms with E-state index in [9.17, 15) is 4.79 Å². The van der Waals surface area contributed by atoms with Crippen LogP contribution in [-0.2, 0) is 11.2 Å². The first-order valence-corrected chi connectivity index (χ1v) is 7.66. The fourth-order valence-corrected chi connectivity index (χ4v) is 3.02. The SMILES string of the molecule is CC1(CNC(=O)C(N)Cc2c[nH]c3ccccc23)CCC1. The number of aromatic nitrogens is 1. The highest BCUT2D eigenvalue weighted by molar-refractivity contribution is 5.86. The van der Waals surface area contributed by atoms with E-state index in [0.29, 0.717) is 6.42 Å². The van der Waals surface area contributed by atoms with E-state index in [4.69, 9.17) is 5.73 Å². The molecular formula is C17H23N3O. The molecule has 21 heavy (non-hydrogen) atoms. The van der Waals surface area contributed by atoms with E-state index in [0.717, 1.165) is 23.0 Å². The Balaban J connectivity index is 1.60. The summed E-state index contributed by atoms with van der Waals surface area (Å²) in [7, 11) is 0. The summed E-state index contributed by atoms with van der Waals surface area (Å²) in [5, 5.41) is 4.16. The Morgan fingerprint density at radius 3 is 2.90 bits per heavy atom. The first-order chi connectivity index (χ1) is 10.1. The molecule has 2 aromatic rings. The second kappa shape index (κ2) is 5.53. The van der Waals surface area contributed by atoms with Crippen LogP contribution in [0.3, 0.4) is 0 Å². The van der Waals surface area contributed by atoms with Gasteiger partial charge in [0.25, 0.3) is 0 Å². The van der Waals surface area contributed by atoms with Crippen LogP contribution in [0.2, 0.25) is 0 Å². The van der Waals surface area contributed by atoms with Crippen molar-refractivity contribution in [3.05, 3.63) is 36.0 Å². The molecule has 0 bridgehead atoms. The summed E-state index contributed by atoms with van der Waals surface area (Å²) in [6.45, 7) is 2.97. The molecule has 112 valence electrons. The van der Waals surface area contributed by atoms with Gasteiger partial charge < -0.3 is 16.0 Å². The Bertz CT molecular complexity index is 642. The number of benzene rings is 1. The molecule has 4 nitrogen and oxygen atoms in total. The third-order valence-corrected chi connectivity index (χ3v) is 4.70. The summed E-state index contributed by atoms with van der Waals surface area (Å²) in [4.78, 5) is 15.4. The number of carbonyl (C=O) groups excluding carboxylic acids is 1. The molecule has 1 aromatic carbocycles. The van der Waals surface area contributed by atoms with Crippen LogP contribution < -0.4 is 11.1 Å². The highest BCUT2D eigenvalue weighted by atomic mass is 16.2. The van der Waals surface area contributed by atoms with Gasteiger partial charge in [-0.2, -0.15) is 0 Å². The van der Waals surface area contributed by atoms with Crippen molar-refractivity contribution < 1.29 is 4.79 Å². The molecule has 0 saturated heterocycles. The van der Waals surface area contributed by atoms with Gasteiger partial charge in [0.1, 0.15) is 0 Å². The molecule has 1 aromatic heterocycles. The van der Waals surface area contributed by atoms with E-state index in [1.807, 2.05) is 24.4 Å². The van der Waals surface area contributed by atoms with Gasteiger partial charge >= 0.3 is 0 Å². The van der Waals surface area contributed by atoms with Gasteiger partial charge in [0.2, 0.25) is 5.91 Å². The lowest BCUT2D eigenvalue weighted by molar-refractivity contribution is -0.123. The maximum atomic E-state index is 12.1. The molecule has 1 atom stereocenters. The molecule has 4 N–H and O–H groups in total. The van der Waals surface area contributed by atoms with Crippen LogP contribution in [0.4, 0.5) is 0 Å². The van der Waals surface area contributed by atoms with Crippen molar-refractivity contribution in [2.24, 2.45) is 11.1 Å². The van der Waals surface area contributed by atoms with Gasteiger partial charge in [-0.15, -0.1) is 0 Å². The zero-order valence-corrected chi connectivity index (χ0v) is 12.5. The lowest BCUT2D eigenvalue weighted by Crippen LogP contribution is -2.47. The molecule has 0 radical (unpaired) electrons. The fourth-order valence-electron chi connectivity index (χ4n) is 3.02. The van der Waals surface area contributed by atoms with Crippen molar-refractivity contribution in [1.29, 1.82) is 0 Å². The summed E-state index contributed by atoms with van der Waals surface area (Å²) >= 11 is 0. The number of rotatable bonds is 5. The Morgan fingerprint density at radius 2 is 2.19 bits per heavy atom. The topological polar surface area (TPSA) is 70.9 Å². The fraction of sp³-hybridized carbons (Fsp3) is 0.471. The summed E-state index contributed by atoms with van der Waals surface area (Å²) in [6.07, 6.45) is 6.18. The number of fused-ring (bicyclic) bond motifs is 1. The van der Waals surface area contributed by atoms with E-state index >= 15 is 0 Å². The second-order valence-corrected chi connectivity index (χ2v) is 6.55. The van der Waals surface area contributed by atoms with Crippen LogP contribution in [0.25, 0.3) is 10.9 Å². The average Bonchev–Trinajstić information content (AvgIpc) is 2.86. The van der Waals surface area contributed by atoms with Crippen molar-refractivity contribution in [3.8, 4) is 0 Å². The summed E-state index contributed by atoms with van der Waals surface area (Å²) < 4.78 is 0. The smallest absolute Gasteiger partial charge is 0.237 e. The van der Waals surface area contributed by atoms with E-state index in [2.05, 4.69) is 23.3 Å². The monoisotopic (exact) mass is 285 g/mol. The van der Waals surface area contributed by atoms with Crippen molar-refractivity contribution in [2.45, 2.75) is 38.6 Å². The van der Waals surface area contributed by atoms with Crippen molar-refractivity contribution in [1.82, 2.24) is 10.3 Å². The Kier molecular flexibility index (Phi) is 3.72. The first kappa shape index (κ1) is 14.1. The average molecular weight is 285 g/mol. The molecule has 1 aliphatic carbocycles. The first-order valence-electron chi connectivity index (χ1n) is 7.66. The van der Waals surface area contributed by atoms with Gasteiger partial charge in [-0.25, -0.2) is 0 Å². The second-order valence-electron chi connectivity index (χ2n) is 6.55. The number of carbonyl (C=O) groups is 1. The summed E-state index contributed by atoms with van der Waals surface area (Å²) in [6, 6.07) is 7.59. The standard InChI is InChI=1S/C17H23N3O/c1-17(7-4-8-17)11-20-16(21)14(18)9-12-10-19-15-6-3-2-5-13(12)15/h2-3,5-6,10,14,19H,4,7-9,11,18H2,1H3,(H,20,21). The number of para-hydroxylation sites is 1. The molecule has 3 rings (SSSR count). The minimum Gasteiger partial charge on any atom is -0.361 e. The van der Waals surface area contributed by atoms with Gasteiger partial charge in [-0.05, 0) is 36.3 Å². The molecule has 1 heterocycles. The highest BCUT2D eigenvalue weighted by Crippen LogP contribution is 2.39. The Labute approximate surface area is 125 Å². The number of aromatic amines is 1. The molecular weight excluding hydrogens is 262 g/mol. The largest absolute Gasteiger partial charge is 0.361 e. The molecule has 1 saturated carbocycles. The number of nitrogens with two attached hydrogens (primary N) is 1. The van der Waals surface area contributed by atoms with E-state index < -0.39 is 6.04 Å². The van der Waals surface area contributed by atoms with Gasteiger partial charge in [0, 0.05) is 23.6 Å². The minimum atomic E-state index is -0.493. The molecule has 4 heteroatoms. The molecule has 1 fully saturated rings. The molecule has 0 spiro atoms. The Hall–Kier alpha value is -1.81. The summed E-state index contributed by atoms with van der Waals surface area (Å²) in [5.41, 5.74) is 8.54. The quantitative estimate of drug-likeness (QED) is 0.789. The Morgan fingerprint density at radius 1 is 1.43 bits per heavy atom. The zero-order valence-electron chi connectivity index (χ0n) is 12.5. The van der Waals surface area contributed by atoms with Crippen LogP contribution in [0.5, 0.6) is 0 Å². The lowest BCUT2D eigenvalue weighted by atomic mass is 9.70. The van der Waals surface area contributed by atoms with E-state index in [-0.39, 0.29) is 11.3 Å². The third kappa shape index (κ3) is 2.95. The molecule has 1 amide bonds. The van der Waals surface area contributed by atoms with Crippen molar-refractivity contribution in [3.63, 3.8) is 0 Å². The van der Waals surface area contributed by atoms with Gasteiger partial charge in [0.05, 0.1) is 6.04 Å². The number of H-pyrrole nitrogens is 1. The number of hydrogen-bond donors (Lipinski definition) is 3. The van der Waals surface area contributed by atoms with Crippen LogP contribution in [0.1, 0.15) is 31.7 Å². The minimum absolute atomic E-state index is 0.0478. The normalized spacial score (nSPS) is 18.2. The number of nitrogens with one attached hydrogen (secondary N) is 2. The van der Waals surface area contributed by atoms with Crippen LogP contribution in [-0.4, -0.2) is 23.5 Å². The van der Waals surface area contributed by atoms with Gasteiger partial charge in [0.15, 0.2) is 0 Å². The zero-order chi connectivity index (χ0) is 14.9. The number of amides is 1. The van der Waals surface area contributed by atoms with Crippen molar-refractivity contribution >= 4 is 16.8 Å². The number of hydrogen-bond acceptors (Lipinski definition) is 2. The molecule has 1 aliphatic rings. The van der Waals surface area contributed by atoms with Gasteiger partial charge in [-0.1, -0.05) is 31.5 Å². The summed E-state index contributed by atoms with van der Waals surface area (Å²) in [5.74, 6) is -0.0478. The molecule has 1 unspecified atom stereocenters. The van der Waals surface area contributed by atoms with E-state index in [1.54, 1.807) is 0 Å². The predicted molar refractivity (Wildman–Crippen MR) is 84.9 cm³/mol. The van der Waals surface area contributed by atoms with E-state index in [1.165, 1.54) is 19.3 Å². The van der Waals surface area contributed by atoms with Crippen LogP contribution in [0.15, 0.2) is 30.5 Å². The van der Waals surface area contributed by atoms with Crippen LogP contribution >= 0.6 is 0 Å². The third-order valence-electron chi connectivity index (χ3n) is 4.70. The van der Waals surface area contributed by atoms with Crippen LogP contribution in [0, 0.1) is 5.41 Å².